The molecule has 0 aromatic heterocycles. The quantitative estimate of drug-likeness (QED) is 0.851. The van der Waals surface area contributed by atoms with E-state index in [1.165, 1.54) is 22.5 Å². The van der Waals surface area contributed by atoms with Crippen LogP contribution in [0.1, 0.15) is 12.0 Å². The van der Waals surface area contributed by atoms with E-state index in [1.54, 1.807) is 11.8 Å². The summed E-state index contributed by atoms with van der Waals surface area (Å²) in [5.41, 5.74) is 0.103. The molecule has 1 aromatic rings. The summed E-state index contributed by atoms with van der Waals surface area (Å²) in [5, 5.41) is 9.45. The minimum Gasteiger partial charge on any atom is -0.207 e. The van der Waals surface area contributed by atoms with Crippen molar-refractivity contribution in [1.29, 1.82) is 5.26 Å². The summed E-state index contributed by atoms with van der Waals surface area (Å²) in [6, 6.07) is 6.22. The molecule has 1 atom stereocenters. The number of hydrogen-bond donors (Lipinski definition) is 0. The maximum absolute atomic E-state index is 12.6. The minimum absolute atomic E-state index is 0.0502. The van der Waals surface area contributed by atoms with Crippen LogP contribution in [0, 0.1) is 17.2 Å². The third-order valence-electron chi connectivity index (χ3n) is 3.33. The van der Waals surface area contributed by atoms with E-state index in [-0.39, 0.29) is 10.5 Å². The Morgan fingerprint density at radius 1 is 1.55 bits per heavy atom. The molecule has 0 spiro atoms. The van der Waals surface area contributed by atoms with Crippen molar-refractivity contribution in [2.45, 2.75) is 11.3 Å². The van der Waals surface area contributed by atoms with E-state index in [4.69, 9.17) is 16.9 Å². The van der Waals surface area contributed by atoms with Gasteiger partial charge in [0.25, 0.3) is 0 Å². The van der Waals surface area contributed by atoms with E-state index in [9.17, 15) is 8.42 Å². The van der Waals surface area contributed by atoms with Crippen molar-refractivity contribution in [2.75, 3.05) is 25.1 Å². The predicted molar refractivity (Wildman–Crippen MR) is 81.4 cm³/mol. The topological polar surface area (TPSA) is 61.2 Å². The SMILES string of the molecule is CSC[C@@H]1CCN(S(=O)(=O)c2ccc(Cl)cc2C#N)C1. The van der Waals surface area contributed by atoms with Gasteiger partial charge in [0.05, 0.1) is 5.56 Å². The van der Waals surface area contributed by atoms with E-state index >= 15 is 0 Å². The molecule has 20 heavy (non-hydrogen) atoms. The molecule has 0 unspecified atom stereocenters. The first kappa shape index (κ1) is 15.6. The summed E-state index contributed by atoms with van der Waals surface area (Å²) in [5.74, 6) is 1.34. The van der Waals surface area contributed by atoms with Crippen molar-refractivity contribution < 1.29 is 8.42 Å². The summed E-state index contributed by atoms with van der Waals surface area (Å²) in [4.78, 5) is 0.0502. The monoisotopic (exact) mass is 330 g/mol. The van der Waals surface area contributed by atoms with E-state index in [1.807, 2.05) is 12.3 Å². The number of benzene rings is 1. The molecule has 1 aliphatic heterocycles. The number of halogens is 1. The lowest BCUT2D eigenvalue weighted by Crippen LogP contribution is -2.29. The number of sulfonamides is 1. The van der Waals surface area contributed by atoms with Crippen molar-refractivity contribution in [3.05, 3.63) is 28.8 Å². The maximum Gasteiger partial charge on any atom is 0.244 e. The molecule has 0 saturated carbocycles. The van der Waals surface area contributed by atoms with Crippen molar-refractivity contribution in [3.63, 3.8) is 0 Å². The fourth-order valence-electron chi connectivity index (χ4n) is 2.34. The minimum atomic E-state index is -3.61. The zero-order chi connectivity index (χ0) is 14.8. The van der Waals surface area contributed by atoms with Gasteiger partial charge in [0.15, 0.2) is 0 Å². The standard InChI is InChI=1S/C13H15ClN2O2S2/c1-19-9-10-4-5-16(8-10)20(17,18)13-3-2-12(14)6-11(13)7-15/h2-3,6,10H,4-5,8-9H2,1H3/t10-/m1/s1. The predicted octanol–water partition coefficient (Wildman–Crippen LogP) is 2.59. The molecule has 0 N–H and O–H groups in total. The Bertz CT molecular complexity index is 640. The first-order chi connectivity index (χ1) is 9.48. The van der Waals surface area contributed by atoms with E-state index in [0.717, 1.165) is 12.2 Å². The average Bonchev–Trinajstić information content (AvgIpc) is 2.88. The van der Waals surface area contributed by atoms with Crippen LogP contribution in [-0.2, 0) is 10.0 Å². The van der Waals surface area contributed by atoms with Gasteiger partial charge in [-0.2, -0.15) is 21.3 Å². The largest absolute Gasteiger partial charge is 0.244 e. The van der Waals surface area contributed by atoms with Gasteiger partial charge >= 0.3 is 0 Å². The Balaban J connectivity index is 2.30. The van der Waals surface area contributed by atoms with Crippen LogP contribution in [0.2, 0.25) is 5.02 Å². The molecular formula is C13H15ClN2O2S2. The van der Waals surface area contributed by atoms with Crippen molar-refractivity contribution in [2.24, 2.45) is 5.92 Å². The molecule has 0 aliphatic carbocycles. The Labute approximate surface area is 128 Å². The lowest BCUT2D eigenvalue weighted by atomic mass is 10.2. The van der Waals surface area contributed by atoms with Gasteiger partial charge in [-0.15, -0.1) is 0 Å². The number of hydrogen-bond acceptors (Lipinski definition) is 4. The lowest BCUT2D eigenvalue weighted by Gasteiger charge is -2.17. The fraction of sp³-hybridized carbons (Fsp3) is 0.462. The van der Waals surface area contributed by atoms with Crippen LogP contribution in [-0.4, -0.2) is 37.8 Å². The van der Waals surface area contributed by atoms with Gasteiger partial charge in [-0.05, 0) is 42.5 Å². The molecule has 1 aliphatic rings. The molecule has 2 rings (SSSR count). The molecule has 1 aromatic carbocycles. The zero-order valence-electron chi connectivity index (χ0n) is 11.0. The highest BCUT2D eigenvalue weighted by atomic mass is 35.5. The van der Waals surface area contributed by atoms with Gasteiger partial charge in [0, 0.05) is 18.1 Å². The lowest BCUT2D eigenvalue weighted by molar-refractivity contribution is 0.465. The molecule has 1 fully saturated rings. The van der Waals surface area contributed by atoms with Crippen LogP contribution in [0.4, 0.5) is 0 Å². The Morgan fingerprint density at radius 3 is 2.95 bits per heavy atom. The Kier molecular flexibility index (Phi) is 4.97. The second-order valence-corrected chi connectivity index (χ2v) is 7.98. The summed E-state index contributed by atoms with van der Waals surface area (Å²) < 4.78 is 26.7. The van der Waals surface area contributed by atoms with Crippen LogP contribution < -0.4 is 0 Å². The summed E-state index contributed by atoms with van der Waals surface area (Å²) >= 11 is 7.53. The van der Waals surface area contributed by atoms with Crippen LogP contribution in [0.3, 0.4) is 0 Å². The van der Waals surface area contributed by atoms with Gasteiger partial charge in [0.1, 0.15) is 11.0 Å². The molecule has 108 valence electrons. The Hall–Kier alpha value is -0.740. The third-order valence-corrected chi connectivity index (χ3v) is 6.29. The molecule has 0 bridgehead atoms. The zero-order valence-corrected chi connectivity index (χ0v) is 13.4. The second-order valence-electron chi connectivity index (χ2n) is 4.73. The van der Waals surface area contributed by atoms with Crippen molar-refractivity contribution in [3.8, 4) is 6.07 Å². The Morgan fingerprint density at radius 2 is 2.30 bits per heavy atom. The normalized spacial score (nSPS) is 19.9. The first-order valence-electron chi connectivity index (χ1n) is 6.17. The number of nitriles is 1. The highest BCUT2D eigenvalue weighted by Crippen LogP contribution is 2.28. The van der Waals surface area contributed by atoms with Gasteiger partial charge in [-0.1, -0.05) is 11.6 Å². The van der Waals surface area contributed by atoms with Crippen LogP contribution >= 0.6 is 23.4 Å². The second kappa shape index (κ2) is 6.35. The highest BCUT2D eigenvalue weighted by molar-refractivity contribution is 7.98. The first-order valence-corrected chi connectivity index (χ1v) is 9.39. The van der Waals surface area contributed by atoms with E-state index in [0.29, 0.717) is 24.0 Å². The molecule has 0 amide bonds. The van der Waals surface area contributed by atoms with Crippen LogP contribution in [0.5, 0.6) is 0 Å². The molecule has 1 saturated heterocycles. The molecule has 7 heteroatoms. The van der Waals surface area contributed by atoms with E-state index in [2.05, 4.69) is 0 Å². The smallest absolute Gasteiger partial charge is 0.207 e. The van der Waals surface area contributed by atoms with Crippen molar-refractivity contribution >= 4 is 33.4 Å². The summed E-state index contributed by atoms with van der Waals surface area (Å²) in [6.07, 6.45) is 2.89. The molecule has 0 radical (unpaired) electrons. The van der Waals surface area contributed by atoms with Gasteiger partial charge in [0.2, 0.25) is 10.0 Å². The third kappa shape index (κ3) is 3.12. The number of nitrogens with zero attached hydrogens (tertiary/aromatic N) is 2. The molecule has 4 nitrogen and oxygen atoms in total. The average molecular weight is 331 g/mol. The fourth-order valence-corrected chi connectivity index (χ4v) is 4.91. The van der Waals surface area contributed by atoms with Gasteiger partial charge < -0.3 is 0 Å². The molecular weight excluding hydrogens is 316 g/mol. The van der Waals surface area contributed by atoms with Crippen LogP contribution in [0.25, 0.3) is 0 Å². The van der Waals surface area contributed by atoms with Gasteiger partial charge in [-0.25, -0.2) is 8.42 Å². The van der Waals surface area contributed by atoms with Crippen molar-refractivity contribution in [1.82, 2.24) is 4.31 Å². The molecule has 1 heterocycles. The van der Waals surface area contributed by atoms with Gasteiger partial charge in [-0.3, -0.25) is 0 Å². The summed E-state index contributed by atoms with van der Waals surface area (Å²) in [7, 11) is -3.61. The summed E-state index contributed by atoms with van der Waals surface area (Å²) in [6.45, 7) is 1.04. The number of rotatable bonds is 4. The number of thioether (sulfide) groups is 1. The van der Waals surface area contributed by atoms with Crippen LogP contribution in [0.15, 0.2) is 23.1 Å². The van der Waals surface area contributed by atoms with E-state index < -0.39 is 10.0 Å². The highest BCUT2D eigenvalue weighted by Gasteiger charge is 2.33. The maximum atomic E-state index is 12.6.